The smallest absolute Gasteiger partial charge is 0.337 e. The minimum absolute atomic E-state index is 0.326. The largest absolute Gasteiger partial charge is 0.472 e. The van der Waals surface area contributed by atoms with E-state index in [1.807, 2.05) is 0 Å². The molecular weight excluding hydrogens is 300 g/mol. The molecule has 1 heterocycles. The van der Waals surface area contributed by atoms with Crippen LogP contribution in [0.2, 0.25) is 0 Å². The quantitative estimate of drug-likeness (QED) is 0.641. The lowest BCUT2D eigenvalue weighted by atomic mass is 10.2. The zero-order valence-electron chi connectivity index (χ0n) is 12.5. The highest BCUT2D eigenvalue weighted by molar-refractivity contribution is 6.39. The maximum Gasteiger partial charge on any atom is 0.337 e. The lowest BCUT2D eigenvalue weighted by Crippen LogP contribution is -2.36. The molecule has 0 aliphatic carbocycles. The van der Waals surface area contributed by atoms with Gasteiger partial charge in [-0.3, -0.25) is 9.59 Å². The molecule has 0 spiro atoms. The molecule has 0 aliphatic rings. The highest BCUT2D eigenvalue weighted by Gasteiger charge is 2.13. The zero-order valence-corrected chi connectivity index (χ0v) is 12.5. The summed E-state index contributed by atoms with van der Waals surface area (Å²) in [6.07, 6.45) is 3.69. The molecule has 0 aliphatic heterocycles. The maximum atomic E-state index is 11.7. The molecule has 7 nitrogen and oxygen atoms in total. The Hall–Kier alpha value is -3.09. The number of furan rings is 1. The first kappa shape index (κ1) is 16.3. The number of rotatable bonds is 5. The first-order valence-electron chi connectivity index (χ1n) is 6.89. The van der Waals surface area contributed by atoms with E-state index in [1.165, 1.54) is 31.4 Å². The van der Waals surface area contributed by atoms with Crippen molar-refractivity contribution in [2.75, 3.05) is 19.0 Å². The van der Waals surface area contributed by atoms with Gasteiger partial charge < -0.3 is 19.8 Å². The summed E-state index contributed by atoms with van der Waals surface area (Å²) in [6.45, 7) is 0.326. The Morgan fingerprint density at radius 2 is 1.83 bits per heavy atom. The van der Waals surface area contributed by atoms with Crippen LogP contribution in [0.3, 0.4) is 0 Å². The fourth-order valence-corrected chi connectivity index (χ4v) is 1.83. The van der Waals surface area contributed by atoms with E-state index in [4.69, 9.17) is 4.42 Å². The van der Waals surface area contributed by atoms with Crippen molar-refractivity contribution in [1.82, 2.24) is 5.32 Å². The standard InChI is InChI=1S/C16H16N2O5/c1-22-16(21)12-2-4-13(5-3-12)18-15(20)14(19)17-8-6-11-7-9-23-10-11/h2-5,7,9-10H,6,8H2,1H3,(H,17,19)(H,18,20). The van der Waals surface area contributed by atoms with Gasteiger partial charge in [-0.25, -0.2) is 4.79 Å². The Bertz CT molecular complexity index is 677. The summed E-state index contributed by atoms with van der Waals surface area (Å²) >= 11 is 0. The molecule has 1 aromatic heterocycles. The van der Waals surface area contributed by atoms with Gasteiger partial charge in [-0.2, -0.15) is 0 Å². The number of carbonyl (C=O) groups is 3. The molecule has 23 heavy (non-hydrogen) atoms. The van der Waals surface area contributed by atoms with Crippen LogP contribution in [0.25, 0.3) is 0 Å². The molecule has 120 valence electrons. The molecule has 0 radical (unpaired) electrons. The van der Waals surface area contributed by atoms with E-state index in [9.17, 15) is 14.4 Å². The van der Waals surface area contributed by atoms with E-state index >= 15 is 0 Å². The van der Waals surface area contributed by atoms with Crippen LogP contribution in [0.4, 0.5) is 5.69 Å². The predicted molar refractivity (Wildman–Crippen MR) is 81.8 cm³/mol. The molecular formula is C16H16N2O5. The van der Waals surface area contributed by atoms with E-state index in [1.54, 1.807) is 18.6 Å². The minimum atomic E-state index is -0.775. The second-order valence-electron chi connectivity index (χ2n) is 4.66. The van der Waals surface area contributed by atoms with Crippen LogP contribution in [0.5, 0.6) is 0 Å². The Labute approximate surface area is 132 Å². The highest BCUT2D eigenvalue weighted by Crippen LogP contribution is 2.10. The summed E-state index contributed by atoms with van der Waals surface area (Å²) < 4.78 is 9.48. The lowest BCUT2D eigenvalue weighted by molar-refractivity contribution is -0.136. The Morgan fingerprint density at radius 3 is 2.43 bits per heavy atom. The number of benzene rings is 1. The first-order chi connectivity index (χ1) is 11.1. The van der Waals surface area contributed by atoms with E-state index in [0.717, 1.165) is 5.56 Å². The second kappa shape index (κ2) is 7.79. The van der Waals surface area contributed by atoms with E-state index in [0.29, 0.717) is 24.2 Å². The van der Waals surface area contributed by atoms with Gasteiger partial charge in [-0.05, 0) is 42.3 Å². The number of ether oxygens (including phenoxy) is 1. The minimum Gasteiger partial charge on any atom is -0.472 e. The van der Waals surface area contributed by atoms with Crippen molar-refractivity contribution < 1.29 is 23.5 Å². The van der Waals surface area contributed by atoms with E-state index in [2.05, 4.69) is 15.4 Å². The zero-order chi connectivity index (χ0) is 16.7. The van der Waals surface area contributed by atoms with Gasteiger partial charge in [0.15, 0.2) is 0 Å². The third kappa shape index (κ3) is 4.70. The average molecular weight is 316 g/mol. The molecule has 0 saturated heterocycles. The number of hydrogen-bond acceptors (Lipinski definition) is 5. The molecule has 0 unspecified atom stereocenters. The Kier molecular flexibility index (Phi) is 5.51. The molecule has 0 bridgehead atoms. The van der Waals surface area contributed by atoms with Crippen molar-refractivity contribution in [3.8, 4) is 0 Å². The van der Waals surface area contributed by atoms with Gasteiger partial charge in [0.25, 0.3) is 0 Å². The van der Waals surface area contributed by atoms with Crippen LogP contribution < -0.4 is 10.6 Å². The number of anilines is 1. The van der Waals surface area contributed by atoms with Crippen LogP contribution in [0, 0.1) is 0 Å². The molecule has 0 fully saturated rings. The number of nitrogens with one attached hydrogen (secondary N) is 2. The SMILES string of the molecule is COC(=O)c1ccc(NC(=O)C(=O)NCCc2ccoc2)cc1. The van der Waals surface area contributed by atoms with Crippen LogP contribution >= 0.6 is 0 Å². The van der Waals surface area contributed by atoms with Crippen molar-refractivity contribution in [2.24, 2.45) is 0 Å². The number of hydrogen-bond donors (Lipinski definition) is 2. The van der Waals surface area contributed by atoms with Crippen LogP contribution in [-0.4, -0.2) is 31.4 Å². The molecule has 1 aromatic carbocycles. The predicted octanol–water partition coefficient (Wildman–Crippen LogP) is 1.36. The fourth-order valence-electron chi connectivity index (χ4n) is 1.83. The van der Waals surface area contributed by atoms with Gasteiger partial charge in [-0.1, -0.05) is 0 Å². The van der Waals surface area contributed by atoms with Gasteiger partial charge >= 0.3 is 17.8 Å². The monoisotopic (exact) mass is 316 g/mol. The van der Waals surface area contributed by atoms with Gasteiger partial charge in [0.05, 0.1) is 25.2 Å². The van der Waals surface area contributed by atoms with Crippen molar-refractivity contribution in [3.05, 3.63) is 54.0 Å². The summed E-state index contributed by atoms with van der Waals surface area (Å²) in [7, 11) is 1.28. The van der Waals surface area contributed by atoms with Crippen LogP contribution in [-0.2, 0) is 20.7 Å². The van der Waals surface area contributed by atoms with E-state index < -0.39 is 17.8 Å². The van der Waals surface area contributed by atoms with Crippen molar-refractivity contribution in [2.45, 2.75) is 6.42 Å². The van der Waals surface area contributed by atoms with Gasteiger partial charge in [0, 0.05) is 12.2 Å². The number of amides is 2. The van der Waals surface area contributed by atoms with Crippen LogP contribution in [0.15, 0.2) is 47.3 Å². The summed E-state index contributed by atoms with van der Waals surface area (Å²) in [6, 6.07) is 7.82. The maximum absolute atomic E-state index is 11.7. The fraction of sp³-hybridized carbons (Fsp3) is 0.188. The molecule has 2 rings (SSSR count). The lowest BCUT2D eigenvalue weighted by Gasteiger charge is -2.06. The summed E-state index contributed by atoms with van der Waals surface area (Å²) in [4.78, 5) is 34.7. The summed E-state index contributed by atoms with van der Waals surface area (Å²) in [5, 5.41) is 4.96. The topological polar surface area (TPSA) is 97.6 Å². The van der Waals surface area contributed by atoms with E-state index in [-0.39, 0.29) is 0 Å². The summed E-state index contributed by atoms with van der Waals surface area (Å²) in [5.74, 6) is -1.98. The molecule has 2 amide bonds. The molecule has 7 heteroatoms. The average Bonchev–Trinajstić information content (AvgIpc) is 3.08. The normalized spacial score (nSPS) is 9.96. The van der Waals surface area contributed by atoms with Gasteiger partial charge in [-0.15, -0.1) is 0 Å². The molecule has 2 N–H and O–H groups in total. The number of methoxy groups -OCH3 is 1. The Balaban J connectivity index is 1.81. The molecule has 2 aromatic rings. The highest BCUT2D eigenvalue weighted by atomic mass is 16.5. The molecule has 0 atom stereocenters. The third-order valence-corrected chi connectivity index (χ3v) is 3.05. The van der Waals surface area contributed by atoms with Crippen molar-refractivity contribution in [1.29, 1.82) is 0 Å². The van der Waals surface area contributed by atoms with Crippen molar-refractivity contribution in [3.63, 3.8) is 0 Å². The van der Waals surface area contributed by atoms with Gasteiger partial charge in [0.2, 0.25) is 0 Å². The van der Waals surface area contributed by atoms with Crippen molar-refractivity contribution >= 4 is 23.5 Å². The summed E-state index contributed by atoms with van der Waals surface area (Å²) in [5.41, 5.74) is 1.70. The molecule has 0 saturated carbocycles. The second-order valence-corrected chi connectivity index (χ2v) is 4.66. The third-order valence-electron chi connectivity index (χ3n) is 3.05. The van der Waals surface area contributed by atoms with Gasteiger partial charge in [0.1, 0.15) is 0 Å². The number of esters is 1. The Morgan fingerprint density at radius 1 is 1.09 bits per heavy atom. The first-order valence-corrected chi connectivity index (χ1v) is 6.89. The van der Waals surface area contributed by atoms with Crippen LogP contribution in [0.1, 0.15) is 15.9 Å². The number of carbonyl (C=O) groups excluding carboxylic acids is 3.